The molecular weight excluding hydrogens is 457 g/mol. The van der Waals surface area contributed by atoms with Gasteiger partial charge >= 0.3 is 0 Å². The number of fused-ring (bicyclic) bond motifs is 1. The number of amides is 2. The van der Waals surface area contributed by atoms with Gasteiger partial charge in [-0.3, -0.25) is 14.5 Å². The Bertz CT molecular complexity index is 1350. The highest BCUT2D eigenvalue weighted by atomic mass is 19.1. The second-order valence-corrected chi connectivity index (χ2v) is 9.47. The lowest BCUT2D eigenvalue weighted by molar-refractivity contribution is -0.127. The number of hydrogen-bond donors (Lipinski definition) is 2. The molecule has 0 radical (unpaired) electrons. The topological polar surface area (TPSA) is 78.3 Å². The summed E-state index contributed by atoms with van der Waals surface area (Å²) >= 11 is 0. The summed E-state index contributed by atoms with van der Waals surface area (Å²) in [4.78, 5) is 32.4. The summed E-state index contributed by atoms with van der Waals surface area (Å²) in [6, 6.07) is 16.0. The number of benzene rings is 2. The fourth-order valence-electron chi connectivity index (χ4n) is 5.07. The molecule has 1 saturated carbocycles. The fourth-order valence-corrected chi connectivity index (χ4v) is 5.07. The van der Waals surface area contributed by atoms with Gasteiger partial charge in [-0.1, -0.05) is 37.5 Å². The molecule has 1 aliphatic rings. The third kappa shape index (κ3) is 5.05. The molecule has 6 nitrogen and oxygen atoms in total. The first kappa shape index (κ1) is 23.9. The van der Waals surface area contributed by atoms with Gasteiger partial charge in [-0.15, -0.1) is 0 Å². The van der Waals surface area contributed by atoms with Gasteiger partial charge < -0.3 is 14.7 Å². The van der Waals surface area contributed by atoms with Gasteiger partial charge in [-0.25, -0.2) is 4.39 Å². The number of aromatic amines is 1. The first-order valence-electron chi connectivity index (χ1n) is 12.5. The molecule has 2 N–H and O–H groups in total. The van der Waals surface area contributed by atoms with Gasteiger partial charge in [-0.05, 0) is 67.8 Å². The van der Waals surface area contributed by atoms with Crippen molar-refractivity contribution in [2.45, 2.75) is 57.5 Å². The van der Waals surface area contributed by atoms with Gasteiger partial charge in [-0.2, -0.15) is 0 Å². The molecule has 2 amide bonds. The van der Waals surface area contributed by atoms with Crippen molar-refractivity contribution in [2.75, 3.05) is 4.90 Å². The molecule has 5 rings (SSSR count). The predicted octanol–water partition coefficient (Wildman–Crippen LogP) is 5.97. The van der Waals surface area contributed by atoms with E-state index >= 15 is 0 Å². The maximum atomic E-state index is 14.0. The van der Waals surface area contributed by atoms with E-state index in [0.29, 0.717) is 17.2 Å². The molecule has 0 aliphatic heterocycles. The van der Waals surface area contributed by atoms with E-state index in [4.69, 9.17) is 4.42 Å². The normalized spacial score (nSPS) is 15.1. The molecule has 2 aromatic carbocycles. The number of carbonyl (C=O) groups excluding carboxylic acids is 2. The fraction of sp³-hybridized carbons (Fsp3) is 0.310. The number of aryl methyl sites for hydroxylation is 1. The Labute approximate surface area is 209 Å². The number of para-hydroxylation sites is 1. The van der Waals surface area contributed by atoms with Crippen molar-refractivity contribution in [3.05, 3.63) is 89.8 Å². The molecule has 186 valence electrons. The summed E-state index contributed by atoms with van der Waals surface area (Å²) < 4.78 is 19.7. The van der Waals surface area contributed by atoms with Crippen LogP contribution in [-0.4, -0.2) is 22.8 Å². The first-order chi connectivity index (χ1) is 17.5. The number of aromatic nitrogens is 1. The van der Waals surface area contributed by atoms with Gasteiger partial charge in [0.15, 0.2) is 6.04 Å². The largest absolute Gasteiger partial charge is 0.464 e. The molecule has 7 heteroatoms. The zero-order valence-corrected chi connectivity index (χ0v) is 20.3. The number of hydrogen-bond acceptors (Lipinski definition) is 3. The Kier molecular flexibility index (Phi) is 6.89. The number of H-pyrrole nitrogens is 1. The molecule has 1 aliphatic carbocycles. The van der Waals surface area contributed by atoms with Crippen molar-refractivity contribution in [3.8, 4) is 0 Å². The third-order valence-corrected chi connectivity index (χ3v) is 6.88. The summed E-state index contributed by atoms with van der Waals surface area (Å²) in [6.45, 7) is 1.80. The van der Waals surface area contributed by atoms with Crippen molar-refractivity contribution >= 4 is 28.4 Å². The second kappa shape index (κ2) is 10.4. The summed E-state index contributed by atoms with van der Waals surface area (Å²) in [5, 5.41) is 4.10. The van der Waals surface area contributed by atoms with Crippen molar-refractivity contribution in [1.82, 2.24) is 10.3 Å². The minimum Gasteiger partial charge on any atom is -0.464 e. The van der Waals surface area contributed by atoms with Gasteiger partial charge in [0.2, 0.25) is 5.91 Å². The number of carbonyl (C=O) groups is 2. The molecule has 1 unspecified atom stereocenters. The van der Waals surface area contributed by atoms with Crippen molar-refractivity contribution < 1.29 is 18.4 Å². The molecule has 1 fully saturated rings. The zero-order valence-electron chi connectivity index (χ0n) is 20.3. The number of furan rings is 1. The first-order valence-corrected chi connectivity index (χ1v) is 12.5. The van der Waals surface area contributed by atoms with Crippen LogP contribution in [0.4, 0.5) is 10.1 Å². The van der Waals surface area contributed by atoms with E-state index in [-0.39, 0.29) is 24.3 Å². The smallest absolute Gasteiger partial charge is 0.251 e. The average molecular weight is 488 g/mol. The summed E-state index contributed by atoms with van der Waals surface area (Å²) in [6.07, 6.45) is 7.00. The number of rotatable bonds is 7. The number of nitrogens with zero attached hydrogens (tertiary/aromatic N) is 1. The molecule has 1 atom stereocenters. The monoisotopic (exact) mass is 487 g/mol. The Morgan fingerprint density at radius 2 is 1.81 bits per heavy atom. The van der Waals surface area contributed by atoms with Gasteiger partial charge in [0.1, 0.15) is 17.3 Å². The molecule has 36 heavy (non-hydrogen) atoms. The van der Waals surface area contributed by atoms with E-state index < -0.39 is 11.9 Å². The Morgan fingerprint density at radius 1 is 1.06 bits per heavy atom. The molecule has 0 spiro atoms. The van der Waals surface area contributed by atoms with Crippen LogP contribution < -0.4 is 10.2 Å². The molecule has 2 heterocycles. The predicted molar refractivity (Wildman–Crippen MR) is 137 cm³/mol. The lowest BCUT2D eigenvalue weighted by Gasteiger charge is -2.32. The number of nitrogens with one attached hydrogen (secondary N) is 2. The average Bonchev–Trinajstić information content (AvgIpc) is 3.50. The standard InChI is InChI=1S/C29H30FN3O3/c1-19-11-16-26(36-19)28(29(35)32-22-7-3-2-4-8-22)33(23-14-12-21(30)13-15-23)27(34)17-20-18-31-25-10-6-5-9-24(20)25/h5-6,9-16,18,22,28,31H,2-4,7-8,17H2,1H3,(H,32,35). The van der Waals surface area contributed by atoms with Crippen LogP contribution in [0.25, 0.3) is 10.9 Å². The molecule has 0 bridgehead atoms. The van der Waals surface area contributed by atoms with Crippen LogP contribution in [0.1, 0.15) is 55.2 Å². The van der Waals surface area contributed by atoms with E-state index in [1.807, 2.05) is 30.5 Å². The van der Waals surface area contributed by atoms with Crippen LogP contribution >= 0.6 is 0 Å². The SMILES string of the molecule is Cc1ccc(C(C(=O)NC2CCCCC2)N(C(=O)Cc2c[nH]c3ccccc23)c2ccc(F)cc2)o1. The van der Waals surface area contributed by atoms with Gasteiger partial charge in [0, 0.05) is 28.8 Å². The number of anilines is 1. The number of halogens is 1. The van der Waals surface area contributed by atoms with E-state index in [0.717, 1.165) is 48.6 Å². The highest BCUT2D eigenvalue weighted by molar-refractivity contribution is 6.03. The summed E-state index contributed by atoms with van der Waals surface area (Å²) in [5.41, 5.74) is 2.19. The van der Waals surface area contributed by atoms with Crippen molar-refractivity contribution in [3.63, 3.8) is 0 Å². The third-order valence-electron chi connectivity index (χ3n) is 6.88. The Hall–Kier alpha value is -3.87. The van der Waals surface area contributed by atoms with Gasteiger partial charge in [0.05, 0.1) is 6.42 Å². The second-order valence-electron chi connectivity index (χ2n) is 9.47. The maximum Gasteiger partial charge on any atom is 0.251 e. The zero-order chi connectivity index (χ0) is 25.1. The van der Waals surface area contributed by atoms with Crippen LogP contribution in [0.3, 0.4) is 0 Å². The van der Waals surface area contributed by atoms with Crippen molar-refractivity contribution in [2.24, 2.45) is 0 Å². The highest BCUT2D eigenvalue weighted by Crippen LogP contribution is 2.32. The molecule has 4 aromatic rings. The van der Waals surface area contributed by atoms with Crippen LogP contribution in [0.15, 0.2) is 71.3 Å². The van der Waals surface area contributed by atoms with E-state index in [2.05, 4.69) is 10.3 Å². The lowest BCUT2D eigenvalue weighted by Crippen LogP contribution is -2.47. The maximum absolute atomic E-state index is 14.0. The van der Waals surface area contributed by atoms with E-state index in [1.54, 1.807) is 19.1 Å². The van der Waals surface area contributed by atoms with E-state index in [9.17, 15) is 14.0 Å². The van der Waals surface area contributed by atoms with Crippen molar-refractivity contribution in [1.29, 1.82) is 0 Å². The molecular formula is C29H30FN3O3. The molecule has 2 aromatic heterocycles. The van der Waals surface area contributed by atoms with Crippen LogP contribution in [-0.2, 0) is 16.0 Å². The quantitative estimate of drug-likeness (QED) is 0.337. The Balaban J connectivity index is 1.53. The minimum atomic E-state index is -1.02. The molecule has 0 saturated heterocycles. The summed E-state index contributed by atoms with van der Waals surface area (Å²) in [5.74, 6) is 0.0119. The summed E-state index contributed by atoms with van der Waals surface area (Å²) in [7, 11) is 0. The van der Waals surface area contributed by atoms with Crippen LogP contribution in [0, 0.1) is 12.7 Å². The van der Waals surface area contributed by atoms with Crippen LogP contribution in [0.2, 0.25) is 0 Å². The Morgan fingerprint density at radius 3 is 2.53 bits per heavy atom. The van der Waals surface area contributed by atoms with Gasteiger partial charge in [0.25, 0.3) is 5.91 Å². The minimum absolute atomic E-state index is 0.0589. The van der Waals surface area contributed by atoms with Crippen LogP contribution in [0.5, 0.6) is 0 Å². The lowest BCUT2D eigenvalue weighted by atomic mass is 9.95. The van der Waals surface area contributed by atoms with E-state index in [1.165, 1.54) is 29.2 Å². The highest BCUT2D eigenvalue weighted by Gasteiger charge is 2.36.